The van der Waals surface area contributed by atoms with E-state index in [0.29, 0.717) is 18.3 Å². The van der Waals surface area contributed by atoms with E-state index in [4.69, 9.17) is 9.47 Å². The van der Waals surface area contributed by atoms with E-state index >= 15 is 0 Å². The average Bonchev–Trinajstić information content (AvgIpc) is 2.90. The Balaban J connectivity index is 1.33. The monoisotopic (exact) mass is 502 g/mol. The minimum Gasteiger partial charge on any atom is -0.508 e. The van der Waals surface area contributed by atoms with Crippen molar-refractivity contribution in [3.63, 3.8) is 0 Å². The van der Waals surface area contributed by atoms with Gasteiger partial charge in [-0.2, -0.15) is 0 Å². The lowest BCUT2D eigenvalue weighted by atomic mass is 9.79. The lowest BCUT2D eigenvalue weighted by Crippen LogP contribution is -2.43. The second-order valence-electron chi connectivity index (χ2n) is 11.0. The van der Waals surface area contributed by atoms with Crippen LogP contribution in [-0.2, 0) is 19.3 Å². The predicted octanol–water partition coefficient (Wildman–Crippen LogP) is 6.44. The third-order valence-electron chi connectivity index (χ3n) is 7.80. The molecule has 5 nitrogen and oxygen atoms in total. The van der Waals surface area contributed by atoms with Gasteiger partial charge in [0.2, 0.25) is 0 Å². The zero-order chi connectivity index (χ0) is 26.4. The second kappa shape index (κ2) is 11.9. The molecule has 0 aromatic heterocycles. The minimum atomic E-state index is -0.00666. The van der Waals surface area contributed by atoms with Crippen LogP contribution in [0.1, 0.15) is 54.9 Å². The maximum absolute atomic E-state index is 9.83. The molecule has 198 valence electrons. The van der Waals surface area contributed by atoms with Crippen molar-refractivity contribution in [3.8, 4) is 17.2 Å². The van der Waals surface area contributed by atoms with E-state index in [0.717, 1.165) is 50.1 Å². The van der Waals surface area contributed by atoms with E-state index in [1.807, 2.05) is 6.07 Å². The van der Waals surface area contributed by atoms with Crippen LogP contribution in [0.3, 0.4) is 0 Å². The number of fused-ring (bicyclic) bond motifs is 1. The molecular formula is C32H42N2O3. The molecule has 0 saturated heterocycles. The summed E-state index contributed by atoms with van der Waals surface area (Å²) < 4.78 is 11.5. The number of nitrogens with zero attached hydrogens (tertiary/aromatic N) is 1. The number of benzene rings is 3. The normalized spacial score (nSPS) is 15.4. The summed E-state index contributed by atoms with van der Waals surface area (Å²) in [6.07, 6.45) is 5.12. The summed E-state index contributed by atoms with van der Waals surface area (Å²) in [5.74, 6) is 2.61. The fourth-order valence-corrected chi connectivity index (χ4v) is 4.84. The first-order chi connectivity index (χ1) is 17.7. The Hall–Kier alpha value is -3.18. The van der Waals surface area contributed by atoms with Gasteiger partial charge in [0.05, 0.1) is 7.11 Å². The first-order valence-electron chi connectivity index (χ1n) is 13.4. The summed E-state index contributed by atoms with van der Waals surface area (Å²) in [5.41, 5.74) is 6.44. The van der Waals surface area contributed by atoms with Gasteiger partial charge < -0.3 is 24.8 Å². The predicted molar refractivity (Wildman–Crippen MR) is 152 cm³/mol. The number of methoxy groups -OCH3 is 1. The van der Waals surface area contributed by atoms with Crippen LogP contribution >= 0.6 is 0 Å². The Morgan fingerprint density at radius 1 is 0.973 bits per heavy atom. The molecule has 0 saturated carbocycles. The lowest BCUT2D eigenvalue weighted by molar-refractivity contribution is 0.114. The van der Waals surface area contributed by atoms with Crippen molar-refractivity contribution in [2.45, 2.75) is 57.4 Å². The van der Waals surface area contributed by atoms with Gasteiger partial charge in [-0.3, -0.25) is 0 Å². The molecule has 3 aromatic carbocycles. The fourth-order valence-electron chi connectivity index (χ4n) is 4.84. The molecule has 1 aliphatic rings. The first kappa shape index (κ1) is 26.9. The highest BCUT2D eigenvalue weighted by Gasteiger charge is 2.23. The zero-order valence-corrected chi connectivity index (χ0v) is 23.0. The van der Waals surface area contributed by atoms with Crippen LogP contribution in [0, 0.1) is 0 Å². The number of aryl methyl sites for hydroxylation is 2. The number of ether oxygens (including phenoxy) is 2. The number of nitrogens with one attached hydrogen (secondary N) is 1. The highest BCUT2D eigenvalue weighted by atomic mass is 16.5. The van der Waals surface area contributed by atoms with Gasteiger partial charge in [0.1, 0.15) is 23.9 Å². The smallest absolute Gasteiger partial charge is 0.120 e. The van der Waals surface area contributed by atoms with Gasteiger partial charge in [-0.1, -0.05) is 24.3 Å². The van der Waals surface area contributed by atoms with E-state index in [9.17, 15) is 5.11 Å². The van der Waals surface area contributed by atoms with Gasteiger partial charge in [0.25, 0.3) is 0 Å². The van der Waals surface area contributed by atoms with Crippen molar-refractivity contribution in [2.75, 3.05) is 39.7 Å². The van der Waals surface area contributed by atoms with Crippen LogP contribution < -0.4 is 14.8 Å². The van der Waals surface area contributed by atoms with Gasteiger partial charge in [-0.15, -0.1) is 0 Å². The molecule has 4 rings (SSSR count). The van der Waals surface area contributed by atoms with Gasteiger partial charge in [0.15, 0.2) is 0 Å². The molecule has 0 heterocycles. The third-order valence-corrected chi connectivity index (χ3v) is 7.80. The van der Waals surface area contributed by atoms with E-state index in [2.05, 4.69) is 86.7 Å². The molecule has 0 fully saturated rings. The van der Waals surface area contributed by atoms with Crippen LogP contribution in [0.5, 0.6) is 17.2 Å². The molecule has 37 heavy (non-hydrogen) atoms. The molecule has 0 aliphatic heterocycles. The van der Waals surface area contributed by atoms with Gasteiger partial charge >= 0.3 is 0 Å². The SMILES string of the molecule is COc1ccc([C@H]2CCc3cc(O)ccc3C2)c(NCCCc2ccc(OCC(C)(C)N(C)C)cc2)c1. The summed E-state index contributed by atoms with van der Waals surface area (Å²) in [4.78, 5) is 2.18. The summed E-state index contributed by atoms with van der Waals surface area (Å²) in [6.45, 7) is 5.91. The second-order valence-corrected chi connectivity index (χ2v) is 11.0. The van der Waals surface area contributed by atoms with Crippen molar-refractivity contribution in [1.82, 2.24) is 4.90 Å². The largest absolute Gasteiger partial charge is 0.508 e. The van der Waals surface area contributed by atoms with Crippen molar-refractivity contribution in [3.05, 3.63) is 82.9 Å². The van der Waals surface area contributed by atoms with Crippen LogP contribution in [0.2, 0.25) is 0 Å². The minimum absolute atomic E-state index is 0.00666. The maximum atomic E-state index is 9.83. The van der Waals surface area contributed by atoms with Crippen LogP contribution in [-0.4, -0.2) is 49.9 Å². The number of phenols is 1. The van der Waals surface area contributed by atoms with Crippen molar-refractivity contribution in [1.29, 1.82) is 0 Å². The molecule has 0 amide bonds. The highest BCUT2D eigenvalue weighted by molar-refractivity contribution is 5.57. The zero-order valence-electron chi connectivity index (χ0n) is 23.0. The van der Waals surface area contributed by atoms with E-state index in [-0.39, 0.29) is 5.54 Å². The Kier molecular flexibility index (Phi) is 8.65. The standard InChI is InChI=1S/C32H42N2O3/c1-32(2,34(3)4)22-37-28-14-8-23(9-15-28)7-6-18-33-31-21-29(36-5)16-17-30(31)26-11-10-25-20-27(35)13-12-24(25)19-26/h8-9,12-17,20-21,26,33,35H,6-7,10-11,18-19,22H2,1-5H3/t26-/m0/s1. The molecule has 2 N–H and O–H groups in total. The number of phenolic OH excluding ortho intramolecular Hbond substituents is 1. The molecule has 5 heteroatoms. The Bertz CT molecular complexity index is 1170. The molecule has 1 aliphatic carbocycles. The van der Waals surface area contributed by atoms with Crippen molar-refractivity contribution < 1.29 is 14.6 Å². The Morgan fingerprint density at radius 3 is 2.46 bits per heavy atom. The molecular weight excluding hydrogens is 460 g/mol. The molecule has 3 aromatic rings. The number of likely N-dealkylation sites (N-methyl/N-ethyl adjacent to an activating group) is 1. The van der Waals surface area contributed by atoms with Crippen LogP contribution in [0.25, 0.3) is 0 Å². The Morgan fingerprint density at radius 2 is 1.73 bits per heavy atom. The van der Waals surface area contributed by atoms with Crippen molar-refractivity contribution in [2.24, 2.45) is 0 Å². The molecule has 0 unspecified atom stereocenters. The van der Waals surface area contributed by atoms with E-state index in [1.165, 1.54) is 27.9 Å². The molecule has 0 spiro atoms. The molecule has 1 atom stereocenters. The third kappa shape index (κ3) is 6.98. The summed E-state index contributed by atoms with van der Waals surface area (Å²) in [7, 11) is 5.88. The Labute approximate surface area is 222 Å². The first-order valence-corrected chi connectivity index (χ1v) is 13.4. The topological polar surface area (TPSA) is 54.0 Å². The highest BCUT2D eigenvalue weighted by Crippen LogP contribution is 2.38. The van der Waals surface area contributed by atoms with Gasteiger partial charge in [-0.05, 0) is 119 Å². The quantitative estimate of drug-likeness (QED) is 0.296. The number of rotatable bonds is 11. The van der Waals surface area contributed by atoms with Gasteiger partial charge in [-0.25, -0.2) is 0 Å². The van der Waals surface area contributed by atoms with Crippen LogP contribution in [0.15, 0.2) is 60.7 Å². The van der Waals surface area contributed by atoms with E-state index < -0.39 is 0 Å². The lowest BCUT2D eigenvalue weighted by Gasteiger charge is -2.32. The number of hydrogen-bond acceptors (Lipinski definition) is 5. The number of hydrogen-bond donors (Lipinski definition) is 2. The summed E-state index contributed by atoms with van der Waals surface area (Å²) >= 11 is 0. The number of anilines is 1. The average molecular weight is 503 g/mol. The molecule has 0 radical (unpaired) electrons. The maximum Gasteiger partial charge on any atom is 0.120 e. The number of aromatic hydroxyl groups is 1. The van der Waals surface area contributed by atoms with Gasteiger partial charge in [0, 0.05) is 23.8 Å². The summed E-state index contributed by atoms with van der Waals surface area (Å²) in [6, 6.07) is 20.7. The van der Waals surface area contributed by atoms with E-state index in [1.54, 1.807) is 13.2 Å². The fraction of sp³-hybridized carbons (Fsp3) is 0.438. The van der Waals surface area contributed by atoms with Crippen LogP contribution in [0.4, 0.5) is 5.69 Å². The van der Waals surface area contributed by atoms with Crippen molar-refractivity contribution >= 4 is 5.69 Å². The molecule has 0 bridgehead atoms. The summed E-state index contributed by atoms with van der Waals surface area (Å²) in [5, 5.41) is 13.5.